The van der Waals surface area contributed by atoms with Gasteiger partial charge in [-0.2, -0.15) is 31.4 Å². The van der Waals surface area contributed by atoms with Crippen LogP contribution in [0.25, 0.3) is 22.3 Å². The van der Waals surface area contributed by atoms with Gasteiger partial charge in [0, 0.05) is 5.56 Å². The highest BCUT2D eigenvalue weighted by molar-refractivity contribution is 5.98. The number of carbonyl (C=O) groups is 2. The molecule has 0 unspecified atom stereocenters. The Bertz CT molecular complexity index is 1310. The number of rotatable bonds is 4. The fraction of sp³-hybridized carbons (Fsp3) is 0.333. The number of nitrogens with zero attached hydrogens (tertiary/aromatic N) is 5. The first kappa shape index (κ1) is 32.4. The molecule has 8 N–H and O–H groups in total. The Morgan fingerprint density at radius 1 is 0.949 bits per heavy atom. The van der Waals surface area contributed by atoms with Crippen molar-refractivity contribution in [1.29, 1.82) is 0 Å². The average Bonchev–Trinajstić information content (AvgIpc) is 3.20. The zero-order chi connectivity index (χ0) is 30.3. The zero-order valence-electron chi connectivity index (χ0n) is 20.5. The Morgan fingerprint density at radius 2 is 1.41 bits per heavy atom. The molecule has 0 aliphatic heterocycles. The molecule has 0 aliphatic rings. The number of alkyl halides is 6. The number of aryl methyl sites for hydroxylation is 1. The Morgan fingerprint density at radius 3 is 1.82 bits per heavy atom. The van der Waals surface area contributed by atoms with Crippen LogP contribution in [-0.2, 0) is 15.1 Å². The molecule has 0 saturated carbocycles. The second-order valence-corrected chi connectivity index (χ2v) is 8.24. The molecule has 18 heteroatoms. The summed E-state index contributed by atoms with van der Waals surface area (Å²) >= 11 is 0. The molecule has 0 spiro atoms. The van der Waals surface area contributed by atoms with Gasteiger partial charge >= 0.3 is 24.3 Å². The molecule has 0 bridgehead atoms. The fourth-order valence-electron chi connectivity index (χ4n) is 2.66. The predicted octanol–water partition coefficient (Wildman–Crippen LogP) is 2.66. The maximum absolute atomic E-state index is 10.6. The number of nitrogens with two attached hydrogens (primary N) is 3. The molecular weight excluding hydrogens is 542 g/mol. The van der Waals surface area contributed by atoms with Crippen molar-refractivity contribution in [3.8, 4) is 11.3 Å². The molecule has 214 valence electrons. The van der Waals surface area contributed by atoms with E-state index in [-0.39, 0.29) is 5.96 Å². The number of aromatic nitrogens is 4. The van der Waals surface area contributed by atoms with Crippen molar-refractivity contribution in [2.45, 2.75) is 38.7 Å². The molecule has 3 rings (SSSR count). The number of guanidine groups is 1. The number of hydrogen-bond acceptors (Lipinski definition) is 7. The molecule has 39 heavy (non-hydrogen) atoms. The minimum Gasteiger partial charge on any atom is -0.475 e. The van der Waals surface area contributed by atoms with Gasteiger partial charge in [0.15, 0.2) is 11.6 Å². The lowest BCUT2D eigenvalue weighted by Gasteiger charge is -2.23. The SMILES string of the molecule is Cc1ccc(-c2nn(C(C)(C)CN=C(N)N)c3ncnc(N)c23)cc1.O=C(O)C(F)(F)F.O=C(O)C(F)(F)F. The van der Waals surface area contributed by atoms with Crippen LogP contribution in [0, 0.1) is 6.92 Å². The zero-order valence-corrected chi connectivity index (χ0v) is 20.5. The number of fused-ring (bicyclic) bond motifs is 1. The number of aliphatic imine (C=N–C) groups is 1. The van der Waals surface area contributed by atoms with Crippen LogP contribution in [0.15, 0.2) is 35.6 Å². The van der Waals surface area contributed by atoms with Crippen LogP contribution in [0.4, 0.5) is 32.2 Å². The maximum atomic E-state index is 10.6. The first-order chi connectivity index (χ1) is 17.7. The number of aliphatic carboxylic acids is 2. The van der Waals surface area contributed by atoms with Crippen LogP contribution in [0.5, 0.6) is 0 Å². The largest absolute Gasteiger partial charge is 0.490 e. The topological polar surface area (TPSA) is 209 Å². The van der Waals surface area contributed by atoms with Crippen LogP contribution in [0.2, 0.25) is 0 Å². The number of hydrogen-bond donors (Lipinski definition) is 5. The summed E-state index contributed by atoms with van der Waals surface area (Å²) in [6.45, 7) is 6.38. The van der Waals surface area contributed by atoms with E-state index < -0.39 is 29.8 Å². The van der Waals surface area contributed by atoms with E-state index >= 15 is 0 Å². The van der Waals surface area contributed by atoms with E-state index in [1.54, 1.807) is 0 Å². The molecule has 2 heterocycles. The van der Waals surface area contributed by atoms with Crippen LogP contribution < -0.4 is 17.2 Å². The summed E-state index contributed by atoms with van der Waals surface area (Å²) in [6.07, 6.45) is -8.73. The lowest BCUT2D eigenvalue weighted by atomic mass is 10.1. The van der Waals surface area contributed by atoms with Crippen molar-refractivity contribution in [3.63, 3.8) is 0 Å². The van der Waals surface area contributed by atoms with Gasteiger partial charge < -0.3 is 27.4 Å². The van der Waals surface area contributed by atoms with Crippen LogP contribution in [-0.4, -0.2) is 66.8 Å². The summed E-state index contributed by atoms with van der Waals surface area (Å²) in [7, 11) is 0. The number of carboxylic acids is 2. The van der Waals surface area contributed by atoms with E-state index in [0.717, 1.165) is 16.6 Å². The van der Waals surface area contributed by atoms with E-state index in [9.17, 15) is 26.3 Å². The van der Waals surface area contributed by atoms with Crippen molar-refractivity contribution in [2.75, 3.05) is 12.3 Å². The summed E-state index contributed by atoms with van der Waals surface area (Å²) in [5.41, 5.74) is 20.1. The van der Waals surface area contributed by atoms with Gasteiger partial charge in [0.2, 0.25) is 0 Å². The molecule has 0 atom stereocenters. The quantitative estimate of drug-likeness (QED) is 0.177. The molecule has 0 aliphatic carbocycles. The Hall–Kier alpha value is -4.64. The van der Waals surface area contributed by atoms with E-state index in [1.165, 1.54) is 11.9 Å². The van der Waals surface area contributed by atoms with Gasteiger partial charge in [-0.25, -0.2) is 24.2 Å². The monoisotopic (exact) mass is 566 g/mol. The van der Waals surface area contributed by atoms with Crippen molar-refractivity contribution in [2.24, 2.45) is 16.5 Å². The molecule has 3 aromatic rings. The molecule has 0 fully saturated rings. The van der Waals surface area contributed by atoms with Crippen molar-refractivity contribution in [1.82, 2.24) is 19.7 Å². The normalized spacial score (nSPS) is 11.5. The van der Waals surface area contributed by atoms with Gasteiger partial charge in [-0.05, 0) is 20.8 Å². The lowest BCUT2D eigenvalue weighted by Crippen LogP contribution is -2.33. The van der Waals surface area contributed by atoms with E-state index in [0.29, 0.717) is 18.0 Å². The number of halogens is 6. The Kier molecular flexibility index (Phi) is 10.2. The van der Waals surface area contributed by atoms with E-state index in [2.05, 4.69) is 15.0 Å². The first-order valence-corrected chi connectivity index (χ1v) is 10.4. The standard InChI is InChI=1S/C17H22N8.2C2HF3O2/c1-10-4-6-11(7-5-10)13-12-14(18)22-9-23-15(12)25(24-13)17(2,3)8-21-16(19)20;2*3-2(4,5)1(6)7/h4-7,9H,8H2,1-3H3,(H2,18,22,23)(H4,19,20,21);2*(H,6,7). The molecule has 2 aromatic heterocycles. The first-order valence-electron chi connectivity index (χ1n) is 10.4. The van der Waals surface area contributed by atoms with Crippen molar-refractivity contribution < 1.29 is 46.1 Å². The summed E-state index contributed by atoms with van der Waals surface area (Å²) in [5, 5.41) is 19.8. The molecular formula is C21H24F6N8O4. The van der Waals surface area contributed by atoms with Crippen molar-refractivity contribution in [3.05, 3.63) is 36.2 Å². The van der Waals surface area contributed by atoms with Gasteiger partial charge in [0.25, 0.3) is 0 Å². The third-order valence-electron chi connectivity index (χ3n) is 4.53. The van der Waals surface area contributed by atoms with E-state index in [1.807, 2.05) is 49.7 Å². The molecule has 0 saturated heterocycles. The summed E-state index contributed by atoms with van der Waals surface area (Å²) < 4.78 is 65.3. The lowest BCUT2D eigenvalue weighted by molar-refractivity contribution is -0.193. The highest BCUT2D eigenvalue weighted by atomic mass is 19.4. The van der Waals surface area contributed by atoms with Gasteiger partial charge in [-0.1, -0.05) is 29.8 Å². The maximum Gasteiger partial charge on any atom is 0.490 e. The molecule has 0 amide bonds. The summed E-state index contributed by atoms with van der Waals surface area (Å²) in [6, 6.07) is 8.09. The van der Waals surface area contributed by atoms with Gasteiger partial charge in [0.1, 0.15) is 17.8 Å². The second kappa shape index (κ2) is 12.3. The minimum absolute atomic E-state index is 0.0393. The summed E-state index contributed by atoms with van der Waals surface area (Å²) in [5.74, 6) is -5.08. The third-order valence-corrected chi connectivity index (χ3v) is 4.53. The minimum atomic E-state index is -5.08. The molecule has 12 nitrogen and oxygen atoms in total. The van der Waals surface area contributed by atoms with Crippen LogP contribution in [0.3, 0.4) is 0 Å². The molecule has 1 aromatic carbocycles. The summed E-state index contributed by atoms with van der Waals surface area (Å²) in [4.78, 5) is 30.4. The number of anilines is 1. The van der Waals surface area contributed by atoms with Gasteiger partial charge in [0.05, 0.1) is 17.5 Å². The Labute approximate surface area is 216 Å². The van der Waals surface area contributed by atoms with E-state index in [4.69, 9.17) is 42.1 Å². The van der Waals surface area contributed by atoms with Crippen molar-refractivity contribution >= 4 is 34.7 Å². The fourth-order valence-corrected chi connectivity index (χ4v) is 2.66. The third kappa shape index (κ3) is 9.31. The van der Waals surface area contributed by atoms with Gasteiger partial charge in [-0.3, -0.25) is 4.99 Å². The van der Waals surface area contributed by atoms with Crippen LogP contribution >= 0.6 is 0 Å². The average molecular weight is 566 g/mol. The Balaban J connectivity index is 0.000000449. The number of carboxylic acid groups (broad SMARTS) is 2. The number of benzene rings is 1. The molecule has 0 radical (unpaired) electrons. The predicted molar refractivity (Wildman–Crippen MR) is 127 cm³/mol. The smallest absolute Gasteiger partial charge is 0.475 e. The second-order valence-electron chi connectivity index (χ2n) is 8.24. The van der Waals surface area contributed by atoms with Gasteiger partial charge in [-0.15, -0.1) is 0 Å². The highest BCUT2D eigenvalue weighted by Gasteiger charge is 2.38. The van der Waals surface area contributed by atoms with Crippen LogP contribution in [0.1, 0.15) is 19.4 Å². The highest BCUT2D eigenvalue weighted by Crippen LogP contribution is 2.33. The number of nitrogen functional groups attached to an aromatic ring is 1.